The van der Waals surface area contributed by atoms with Crippen molar-refractivity contribution in [3.63, 3.8) is 0 Å². The molecule has 0 unspecified atom stereocenters. The summed E-state index contributed by atoms with van der Waals surface area (Å²) in [4.78, 5) is 11.8. The molecular formula is C17H26O2S. The van der Waals surface area contributed by atoms with Crippen molar-refractivity contribution in [1.29, 1.82) is 0 Å². The number of carboxylic acid groups (broad SMARTS) is 1. The molecule has 1 saturated carbocycles. The van der Waals surface area contributed by atoms with Crippen LogP contribution in [0.3, 0.4) is 0 Å². The lowest BCUT2D eigenvalue weighted by atomic mass is 9.67. The zero-order valence-electron chi connectivity index (χ0n) is 12.4. The van der Waals surface area contributed by atoms with Gasteiger partial charge in [-0.3, -0.25) is 4.79 Å². The van der Waals surface area contributed by atoms with E-state index in [0.717, 1.165) is 44.4 Å². The molecule has 0 atom stereocenters. The predicted octanol–water partition coefficient (Wildman–Crippen LogP) is 5.13. The number of hydrogen-bond acceptors (Lipinski definition) is 2. The number of carbonyl (C=O) groups is 1. The van der Waals surface area contributed by atoms with Gasteiger partial charge >= 0.3 is 5.97 Å². The number of aliphatic carboxylic acids is 1. The zero-order chi connectivity index (χ0) is 14.4. The van der Waals surface area contributed by atoms with E-state index in [1.54, 1.807) is 11.3 Å². The van der Waals surface area contributed by atoms with E-state index in [4.69, 9.17) is 0 Å². The topological polar surface area (TPSA) is 37.3 Å². The van der Waals surface area contributed by atoms with Gasteiger partial charge in [-0.05, 0) is 66.8 Å². The molecule has 0 aliphatic heterocycles. The highest BCUT2D eigenvalue weighted by atomic mass is 32.1. The Balaban J connectivity index is 1.89. The standard InChI is InChI=1S/C17H26O2S/c1-2-3-4-14-5-9-17(10-6-14,16(18)19)11-7-15-8-12-20-13-15/h8,12-14H,2-7,9-11H2,1H3,(H,18,19). The van der Waals surface area contributed by atoms with Gasteiger partial charge in [-0.1, -0.05) is 26.2 Å². The largest absolute Gasteiger partial charge is 0.481 e. The molecule has 1 fully saturated rings. The van der Waals surface area contributed by atoms with Gasteiger partial charge in [0.05, 0.1) is 5.41 Å². The Morgan fingerprint density at radius 3 is 2.75 bits per heavy atom. The molecule has 0 radical (unpaired) electrons. The average Bonchev–Trinajstić information content (AvgIpc) is 2.97. The van der Waals surface area contributed by atoms with Crippen LogP contribution in [0.1, 0.15) is 63.9 Å². The molecule has 0 aromatic carbocycles. The Labute approximate surface area is 126 Å². The molecule has 0 spiro atoms. The lowest BCUT2D eigenvalue weighted by Crippen LogP contribution is -2.36. The van der Waals surface area contributed by atoms with E-state index in [-0.39, 0.29) is 0 Å². The smallest absolute Gasteiger partial charge is 0.309 e. The van der Waals surface area contributed by atoms with E-state index in [1.165, 1.54) is 24.8 Å². The molecule has 2 nitrogen and oxygen atoms in total. The van der Waals surface area contributed by atoms with Crippen LogP contribution in [0, 0.1) is 11.3 Å². The fourth-order valence-electron chi connectivity index (χ4n) is 3.40. The Morgan fingerprint density at radius 1 is 1.45 bits per heavy atom. The van der Waals surface area contributed by atoms with Gasteiger partial charge in [0.1, 0.15) is 0 Å². The number of rotatable bonds is 7. The minimum atomic E-state index is -0.568. The second kappa shape index (κ2) is 7.26. The van der Waals surface area contributed by atoms with Crippen LogP contribution in [0.5, 0.6) is 0 Å². The van der Waals surface area contributed by atoms with Crippen molar-refractivity contribution in [3.05, 3.63) is 22.4 Å². The van der Waals surface area contributed by atoms with Gasteiger partial charge in [0.15, 0.2) is 0 Å². The number of hydrogen-bond donors (Lipinski definition) is 1. The number of aryl methyl sites for hydroxylation is 1. The van der Waals surface area contributed by atoms with Crippen LogP contribution in [0.25, 0.3) is 0 Å². The first kappa shape index (κ1) is 15.6. The number of carboxylic acids is 1. The van der Waals surface area contributed by atoms with Gasteiger partial charge in [-0.25, -0.2) is 0 Å². The third-order valence-electron chi connectivity index (χ3n) is 4.95. The third-order valence-corrected chi connectivity index (χ3v) is 5.69. The van der Waals surface area contributed by atoms with E-state index in [0.29, 0.717) is 0 Å². The summed E-state index contributed by atoms with van der Waals surface area (Å²) in [5.74, 6) is 0.199. The summed E-state index contributed by atoms with van der Waals surface area (Å²) >= 11 is 1.70. The van der Waals surface area contributed by atoms with Crippen molar-refractivity contribution in [2.24, 2.45) is 11.3 Å². The highest BCUT2D eigenvalue weighted by Crippen LogP contribution is 2.44. The van der Waals surface area contributed by atoms with Crippen molar-refractivity contribution in [3.8, 4) is 0 Å². The quantitative estimate of drug-likeness (QED) is 0.756. The molecule has 3 heteroatoms. The molecule has 0 saturated heterocycles. The summed E-state index contributed by atoms with van der Waals surface area (Å²) < 4.78 is 0. The van der Waals surface area contributed by atoms with Gasteiger partial charge in [-0.2, -0.15) is 11.3 Å². The van der Waals surface area contributed by atoms with Crippen LogP contribution in [0.4, 0.5) is 0 Å². The van der Waals surface area contributed by atoms with Crippen molar-refractivity contribution < 1.29 is 9.90 Å². The van der Waals surface area contributed by atoms with E-state index in [2.05, 4.69) is 23.8 Å². The lowest BCUT2D eigenvalue weighted by molar-refractivity contribution is -0.152. The van der Waals surface area contributed by atoms with Crippen LogP contribution in [-0.4, -0.2) is 11.1 Å². The predicted molar refractivity (Wildman–Crippen MR) is 84.2 cm³/mol. The molecule has 20 heavy (non-hydrogen) atoms. The maximum absolute atomic E-state index is 11.8. The minimum Gasteiger partial charge on any atom is -0.481 e. The van der Waals surface area contributed by atoms with Crippen LogP contribution >= 0.6 is 11.3 Å². The first-order valence-electron chi connectivity index (χ1n) is 7.91. The Morgan fingerprint density at radius 2 is 2.20 bits per heavy atom. The second-order valence-corrected chi connectivity index (χ2v) is 7.08. The van der Waals surface area contributed by atoms with Gasteiger partial charge < -0.3 is 5.11 Å². The van der Waals surface area contributed by atoms with E-state index in [9.17, 15) is 9.90 Å². The van der Waals surface area contributed by atoms with Gasteiger partial charge in [0.25, 0.3) is 0 Å². The Kier molecular flexibility index (Phi) is 5.64. The number of unbranched alkanes of at least 4 members (excludes halogenated alkanes) is 1. The highest BCUT2D eigenvalue weighted by Gasteiger charge is 2.41. The molecule has 1 aliphatic carbocycles. The molecule has 1 aromatic rings. The summed E-state index contributed by atoms with van der Waals surface area (Å²) in [5.41, 5.74) is 0.841. The highest BCUT2D eigenvalue weighted by molar-refractivity contribution is 7.07. The molecular weight excluding hydrogens is 268 g/mol. The first-order chi connectivity index (χ1) is 9.66. The fourth-order valence-corrected chi connectivity index (χ4v) is 4.10. The monoisotopic (exact) mass is 294 g/mol. The Bertz CT molecular complexity index is 403. The van der Waals surface area contributed by atoms with Crippen LogP contribution in [-0.2, 0) is 11.2 Å². The van der Waals surface area contributed by atoms with Gasteiger partial charge in [0, 0.05) is 0 Å². The van der Waals surface area contributed by atoms with Crippen molar-refractivity contribution >= 4 is 17.3 Å². The van der Waals surface area contributed by atoms with E-state index < -0.39 is 11.4 Å². The van der Waals surface area contributed by atoms with Crippen molar-refractivity contribution in [1.82, 2.24) is 0 Å². The van der Waals surface area contributed by atoms with E-state index in [1.807, 2.05) is 0 Å². The van der Waals surface area contributed by atoms with Gasteiger partial charge in [-0.15, -0.1) is 0 Å². The van der Waals surface area contributed by atoms with Crippen LogP contribution in [0.15, 0.2) is 16.8 Å². The molecule has 112 valence electrons. The molecule has 1 heterocycles. The summed E-state index contributed by atoms with van der Waals surface area (Å²) in [6, 6.07) is 2.12. The second-order valence-electron chi connectivity index (χ2n) is 6.30. The molecule has 1 aromatic heterocycles. The van der Waals surface area contributed by atoms with Crippen molar-refractivity contribution in [2.45, 2.75) is 64.7 Å². The molecule has 2 rings (SSSR count). The maximum Gasteiger partial charge on any atom is 0.309 e. The van der Waals surface area contributed by atoms with E-state index >= 15 is 0 Å². The number of thiophene rings is 1. The minimum absolute atomic E-state index is 0.454. The summed E-state index contributed by atoms with van der Waals surface area (Å²) in [7, 11) is 0. The fraction of sp³-hybridized carbons (Fsp3) is 0.706. The third kappa shape index (κ3) is 3.85. The molecule has 1 aliphatic rings. The average molecular weight is 294 g/mol. The van der Waals surface area contributed by atoms with Crippen LogP contribution in [0.2, 0.25) is 0 Å². The molecule has 0 bridgehead atoms. The van der Waals surface area contributed by atoms with Gasteiger partial charge in [0.2, 0.25) is 0 Å². The summed E-state index contributed by atoms with van der Waals surface area (Å²) in [5, 5.41) is 13.9. The molecule has 0 amide bonds. The SMILES string of the molecule is CCCCC1CCC(CCc2ccsc2)(C(=O)O)CC1. The maximum atomic E-state index is 11.8. The first-order valence-corrected chi connectivity index (χ1v) is 8.85. The normalized spacial score (nSPS) is 26.6. The summed E-state index contributed by atoms with van der Waals surface area (Å²) in [6.45, 7) is 2.23. The lowest BCUT2D eigenvalue weighted by Gasteiger charge is -2.37. The molecule has 1 N–H and O–H groups in total. The van der Waals surface area contributed by atoms with Crippen LogP contribution < -0.4 is 0 Å². The Hall–Kier alpha value is -0.830. The summed E-state index contributed by atoms with van der Waals surface area (Å²) in [6.07, 6.45) is 9.51. The zero-order valence-corrected chi connectivity index (χ0v) is 13.3. The van der Waals surface area contributed by atoms with Crippen molar-refractivity contribution in [2.75, 3.05) is 0 Å².